The lowest BCUT2D eigenvalue weighted by atomic mass is 10.00. The van der Waals surface area contributed by atoms with Crippen molar-refractivity contribution in [1.29, 1.82) is 0 Å². The van der Waals surface area contributed by atoms with Gasteiger partial charge in [0.1, 0.15) is 5.69 Å². The molecule has 4 aromatic rings. The Kier molecular flexibility index (Phi) is 8.62. The van der Waals surface area contributed by atoms with E-state index in [1.54, 1.807) is 42.5 Å². The van der Waals surface area contributed by atoms with Gasteiger partial charge in [-0.05, 0) is 48.7 Å². The van der Waals surface area contributed by atoms with Crippen molar-refractivity contribution in [2.75, 3.05) is 17.7 Å². The number of pyridine rings is 1. The highest BCUT2D eigenvalue weighted by Crippen LogP contribution is 2.32. The molecule has 43 heavy (non-hydrogen) atoms. The number of carbonyl (C=O) groups is 3. The third-order valence-electron chi connectivity index (χ3n) is 6.56. The van der Waals surface area contributed by atoms with Crippen LogP contribution in [0.15, 0.2) is 71.7 Å². The molecular weight excluding hydrogens is 581 g/mol. The number of aromatic nitrogens is 4. The smallest absolute Gasteiger partial charge is 0.411 e. The first-order valence-electron chi connectivity index (χ1n) is 13.1. The number of H-pyrrole nitrogens is 1. The van der Waals surface area contributed by atoms with Crippen LogP contribution in [-0.4, -0.2) is 45.0 Å². The highest BCUT2D eigenvalue weighted by molar-refractivity contribution is 6.30. The van der Waals surface area contributed by atoms with Gasteiger partial charge >= 0.3 is 6.09 Å². The molecule has 3 heterocycles. The normalized spacial score (nSPS) is 15.5. The molecule has 2 aromatic carbocycles. The van der Waals surface area contributed by atoms with E-state index in [2.05, 4.69) is 36.0 Å². The van der Waals surface area contributed by atoms with Gasteiger partial charge in [0, 0.05) is 29.4 Å². The molecule has 2 bridgehead atoms. The van der Waals surface area contributed by atoms with Crippen LogP contribution < -0.4 is 21.5 Å². The van der Waals surface area contributed by atoms with Crippen molar-refractivity contribution in [3.63, 3.8) is 0 Å². The van der Waals surface area contributed by atoms with Crippen LogP contribution in [0, 0.1) is 5.82 Å². The van der Waals surface area contributed by atoms with E-state index in [1.165, 1.54) is 31.5 Å². The van der Waals surface area contributed by atoms with Crippen LogP contribution in [0.5, 0.6) is 0 Å². The number of aromatic amines is 1. The minimum Gasteiger partial charge on any atom is -0.453 e. The maximum Gasteiger partial charge on any atom is 0.411 e. The van der Waals surface area contributed by atoms with Crippen LogP contribution in [0.3, 0.4) is 0 Å². The third kappa shape index (κ3) is 6.79. The molecule has 1 aliphatic rings. The number of fused-ring (bicyclic) bond motifs is 4. The number of nitrogens with zero attached hydrogens (tertiary/aromatic N) is 3. The Morgan fingerprint density at radius 2 is 1.98 bits per heavy atom. The Morgan fingerprint density at radius 3 is 2.79 bits per heavy atom. The van der Waals surface area contributed by atoms with E-state index in [-0.39, 0.29) is 35.2 Å². The molecular formula is C29H25ClFN7O5. The number of ether oxygens (including phenoxy) is 1. The highest BCUT2D eigenvalue weighted by Gasteiger charge is 2.21. The average molecular weight is 606 g/mol. The van der Waals surface area contributed by atoms with E-state index in [0.29, 0.717) is 34.6 Å². The van der Waals surface area contributed by atoms with Crippen LogP contribution in [0.4, 0.5) is 20.6 Å². The number of amides is 3. The van der Waals surface area contributed by atoms with Crippen molar-refractivity contribution in [2.45, 2.75) is 25.3 Å². The molecule has 1 aliphatic heterocycles. The van der Waals surface area contributed by atoms with Gasteiger partial charge in [0.05, 0.1) is 30.1 Å². The zero-order valence-electron chi connectivity index (χ0n) is 22.7. The van der Waals surface area contributed by atoms with Crippen molar-refractivity contribution in [3.8, 4) is 16.8 Å². The fraction of sp³-hybridized carbons (Fsp3) is 0.172. The average Bonchev–Trinajstić information content (AvgIpc) is 3.47. The van der Waals surface area contributed by atoms with E-state index in [4.69, 9.17) is 11.6 Å². The summed E-state index contributed by atoms with van der Waals surface area (Å²) in [5.74, 6) is -1.59. The zero-order valence-corrected chi connectivity index (χ0v) is 23.4. The standard InChI is InChI=1S/C29H25ClFN7O5/c1-43-29(42)32-17-10-11-18-16-12-22(34-26(40)13-16)20(7-3-2-4-9-25(39)33-21(18)14-17)35-28(41)23-15-38(37-36-23)24-8-5-6-19(30)27(24)31/h2-3,5-6,8,10-15,20H,4,7,9H2,1H3,(H,32,42)(H,33,39)(H,34,40)(H,35,41)/b3-2-/t20-/m0/s1. The van der Waals surface area contributed by atoms with Gasteiger partial charge in [0.2, 0.25) is 11.5 Å². The fourth-order valence-electron chi connectivity index (χ4n) is 4.48. The van der Waals surface area contributed by atoms with Gasteiger partial charge in [-0.1, -0.05) is 41.1 Å². The number of hydrogen-bond donors (Lipinski definition) is 4. The van der Waals surface area contributed by atoms with Gasteiger partial charge in [0.15, 0.2) is 11.5 Å². The molecule has 2 aromatic heterocycles. The zero-order chi connectivity index (χ0) is 30.5. The Morgan fingerprint density at radius 1 is 1.14 bits per heavy atom. The minimum absolute atomic E-state index is 0.0212. The van der Waals surface area contributed by atoms with Crippen LogP contribution in [0.25, 0.3) is 16.8 Å². The molecule has 5 rings (SSSR count). The first kappa shape index (κ1) is 29.2. The van der Waals surface area contributed by atoms with E-state index in [0.717, 1.165) is 4.68 Å². The number of carbonyl (C=O) groups excluding carboxylic acids is 3. The SMILES string of the molecule is COC(=O)Nc1ccc2c(c1)NC(=O)CC/C=C\C[C@H](NC(=O)c1cn(-c3cccc(Cl)c3F)nn1)c1cc-2cc(=O)[nH]1. The van der Waals surface area contributed by atoms with Crippen molar-refractivity contribution >= 4 is 40.9 Å². The number of hydrogen-bond acceptors (Lipinski definition) is 7. The van der Waals surface area contributed by atoms with Gasteiger partial charge in [-0.25, -0.2) is 13.9 Å². The molecule has 0 aliphatic carbocycles. The monoisotopic (exact) mass is 605 g/mol. The number of rotatable bonds is 4. The summed E-state index contributed by atoms with van der Waals surface area (Å²) in [7, 11) is 1.23. The molecule has 0 saturated carbocycles. The Labute approximate surface area is 248 Å². The molecule has 0 saturated heterocycles. The summed E-state index contributed by atoms with van der Waals surface area (Å²) in [6.45, 7) is 0. The first-order chi connectivity index (χ1) is 20.7. The van der Waals surface area contributed by atoms with Crippen LogP contribution >= 0.6 is 11.6 Å². The third-order valence-corrected chi connectivity index (χ3v) is 6.85. The largest absolute Gasteiger partial charge is 0.453 e. The van der Waals surface area contributed by atoms with Crippen LogP contribution in [-0.2, 0) is 9.53 Å². The topological polar surface area (TPSA) is 160 Å². The summed E-state index contributed by atoms with van der Waals surface area (Å²) in [6, 6.07) is 11.5. The summed E-state index contributed by atoms with van der Waals surface area (Å²) >= 11 is 5.87. The number of halogens is 2. The van der Waals surface area contributed by atoms with E-state index >= 15 is 0 Å². The predicted octanol–water partition coefficient (Wildman–Crippen LogP) is 4.74. The molecule has 14 heteroatoms. The summed E-state index contributed by atoms with van der Waals surface area (Å²) in [5, 5.41) is 15.9. The van der Waals surface area contributed by atoms with Crippen molar-refractivity contribution in [2.24, 2.45) is 0 Å². The maximum absolute atomic E-state index is 14.5. The molecule has 0 unspecified atom stereocenters. The lowest BCUT2D eigenvalue weighted by Gasteiger charge is -2.18. The van der Waals surface area contributed by atoms with Gasteiger partial charge in [-0.15, -0.1) is 5.10 Å². The summed E-state index contributed by atoms with van der Waals surface area (Å²) < 4.78 is 20.2. The van der Waals surface area contributed by atoms with Gasteiger partial charge in [-0.3, -0.25) is 19.7 Å². The molecule has 0 fully saturated rings. The van der Waals surface area contributed by atoms with Crippen molar-refractivity contribution in [1.82, 2.24) is 25.3 Å². The second-order valence-electron chi connectivity index (χ2n) is 9.51. The second kappa shape index (κ2) is 12.7. The lowest BCUT2D eigenvalue weighted by Crippen LogP contribution is -2.30. The summed E-state index contributed by atoms with van der Waals surface area (Å²) in [4.78, 5) is 53.3. The van der Waals surface area contributed by atoms with Gasteiger partial charge in [0.25, 0.3) is 5.91 Å². The number of anilines is 2. The van der Waals surface area contributed by atoms with Gasteiger partial charge < -0.3 is 20.4 Å². The minimum atomic E-state index is -0.711. The predicted molar refractivity (Wildman–Crippen MR) is 157 cm³/mol. The molecule has 4 N–H and O–H groups in total. The first-order valence-corrected chi connectivity index (χ1v) is 13.5. The van der Waals surface area contributed by atoms with Crippen LogP contribution in [0.1, 0.15) is 41.5 Å². The van der Waals surface area contributed by atoms with Gasteiger partial charge in [-0.2, -0.15) is 0 Å². The quantitative estimate of drug-likeness (QED) is 0.244. The van der Waals surface area contributed by atoms with Crippen molar-refractivity contribution < 1.29 is 23.5 Å². The Bertz CT molecular complexity index is 1800. The molecule has 0 spiro atoms. The van der Waals surface area contributed by atoms with Crippen LogP contribution in [0.2, 0.25) is 5.02 Å². The maximum atomic E-state index is 14.5. The summed E-state index contributed by atoms with van der Waals surface area (Å²) in [5.41, 5.74) is 1.59. The fourth-order valence-corrected chi connectivity index (χ4v) is 4.65. The number of nitrogens with one attached hydrogen (secondary N) is 4. The molecule has 1 atom stereocenters. The molecule has 220 valence electrons. The Hall–Kier alpha value is -5.30. The highest BCUT2D eigenvalue weighted by atomic mass is 35.5. The number of allylic oxidation sites excluding steroid dienone is 1. The van der Waals surface area contributed by atoms with Crippen molar-refractivity contribution in [3.05, 3.63) is 99.5 Å². The van der Waals surface area contributed by atoms with E-state index in [1.807, 2.05) is 0 Å². The Balaban J connectivity index is 1.49. The van der Waals surface area contributed by atoms with E-state index in [9.17, 15) is 23.6 Å². The second-order valence-corrected chi connectivity index (χ2v) is 9.91. The lowest BCUT2D eigenvalue weighted by molar-refractivity contribution is -0.116. The summed E-state index contributed by atoms with van der Waals surface area (Å²) in [6.07, 6.45) is 5.04. The van der Waals surface area contributed by atoms with E-state index < -0.39 is 29.4 Å². The molecule has 3 amide bonds. The number of benzene rings is 2. The number of methoxy groups -OCH3 is 1. The molecule has 0 radical (unpaired) electrons. The molecule has 12 nitrogen and oxygen atoms in total.